The van der Waals surface area contributed by atoms with Gasteiger partial charge in [0.1, 0.15) is 0 Å². The molecule has 0 spiro atoms. The summed E-state index contributed by atoms with van der Waals surface area (Å²) in [5, 5.41) is 0. The molecule has 0 saturated carbocycles. The van der Waals surface area contributed by atoms with Gasteiger partial charge in [-0.15, -0.1) is 0 Å². The molecule has 0 aliphatic carbocycles. The average Bonchev–Trinajstić information content (AvgIpc) is 3.02. The number of nitrogens with zero attached hydrogens (tertiary/aromatic N) is 1. The van der Waals surface area contributed by atoms with Crippen LogP contribution in [0.25, 0.3) is 11.6 Å². The Balaban J connectivity index is 1.56. The predicted octanol–water partition coefficient (Wildman–Crippen LogP) is 9.31. The molecule has 206 valence electrons. The first-order valence-corrected chi connectivity index (χ1v) is 14.5. The molecule has 0 saturated heterocycles. The number of rotatable bonds is 6. The lowest BCUT2D eigenvalue weighted by Gasteiger charge is -2.42. The second-order valence-electron chi connectivity index (χ2n) is 11.5. The maximum absolute atomic E-state index is 13.8. The number of amides is 1. The van der Waals surface area contributed by atoms with Crippen LogP contribution in [-0.4, -0.2) is 11.4 Å². The summed E-state index contributed by atoms with van der Waals surface area (Å²) in [6.45, 7) is 6.36. The van der Waals surface area contributed by atoms with Gasteiger partial charge < -0.3 is 0 Å². The molecule has 1 aliphatic rings. The van der Waals surface area contributed by atoms with Crippen LogP contribution in [0, 0.1) is 0 Å². The number of anilines is 1. The second kappa shape index (κ2) is 11.1. The van der Waals surface area contributed by atoms with Gasteiger partial charge in [-0.05, 0) is 72.4 Å². The average molecular weight is 546 g/mol. The van der Waals surface area contributed by atoms with E-state index in [0.717, 1.165) is 28.0 Å². The molecule has 1 amide bonds. The highest BCUT2D eigenvalue weighted by Gasteiger charge is 2.40. The molecule has 6 rings (SSSR count). The number of carbonyl (C=O) groups is 1. The zero-order valence-electron chi connectivity index (χ0n) is 24.4. The van der Waals surface area contributed by atoms with Crippen molar-refractivity contribution in [2.75, 3.05) is 4.90 Å². The Hall–Kier alpha value is -4.95. The molecular formula is C40H35NO. The van der Waals surface area contributed by atoms with Crippen LogP contribution in [-0.2, 0) is 10.2 Å². The fraction of sp³-hybridized carbons (Fsp3) is 0.125. The molecule has 0 N–H and O–H groups in total. The van der Waals surface area contributed by atoms with E-state index >= 15 is 0 Å². The van der Waals surface area contributed by atoms with Crippen LogP contribution in [0.15, 0.2) is 152 Å². The highest BCUT2D eigenvalue weighted by molar-refractivity contribution is 6.08. The topological polar surface area (TPSA) is 20.3 Å². The Labute approximate surface area is 249 Å². The lowest BCUT2D eigenvalue weighted by molar-refractivity contribution is -0.114. The number of benzene rings is 5. The monoisotopic (exact) mass is 545 g/mol. The van der Waals surface area contributed by atoms with Gasteiger partial charge in [-0.2, -0.15) is 0 Å². The summed E-state index contributed by atoms with van der Waals surface area (Å²) >= 11 is 0. The van der Waals surface area contributed by atoms with E-state index in [1.807, 2.05) is 41.3 Å². The molecule has 0 bridgehead atoms. The Morgan fingerprint density at radius 3 is 1.62 bits per heavy atom. The number of hydrogen-bond donors (Lipinski definition) is 0. The maximum atomic E-state index is 13.8. The third-order valence-corrected chi connectivity index (χ3v) is 8.30. The largest absolute Gasteiger partial charge is 0.299 e. The molecule has 5 aromatic rings. The molecule has 42 heavy (non-hydrogen) atoms. The van der Waals surface area contributed by atoms with Crippen LogP contribution in [0.5, 0.6) is 0 Å². The first kappa shape index (κ1) is 27.2. The number of allylic oxidation sites excluding steroid dienone is 1. The van der Waals surface area contributed by atoms with Gasteiger partial charge in [0.05, 0.1) is 16.6 Å². The predicted molar refractivity (Wildman–Crippen MR) is 175 cm³/mol. The van der Waals surface area contributed by atoms with Gasteiger partial charge in [0.15, 0.2) is 0 Å². The summed E-state index contributed by atoms with van der Waals surface area (Å²) in [7, 11) is 0. The van der Waals surface area contributed by atoms with Gasteiger partial charge in [-0.3, -0.25) is 9.69 Å². The van der Waals surface area contributed by atoms with Gasteiger partial charge in [-0.25, -0.2) is 0 Å². The van der Waals surface area contributed by atoms with Crippen molar-refractivity contribution in [1.29, 1.82) is 0 Å². The van der Waals surface area contributed by atoms with E-state index in [9.17, 15) is 4.79 Å². The van der Waals surface area contributed by atoms with Crippen molar-refractivity contribution < 1.29 is 4.79 Å². The zero-order chi connectivity index (χ0) is 29.2. The minimum atomic E-state index is -0.548. The lowest BCUT2D eigenvalue weighted by atomic mass is 9.64. The van der Waals surface area contributed by atoms with E-state index in [1.54, 1.807) is 6.08 Å². The Morgan fingerprint density at radius 2 is 1.12 bits per heavy atom. The van der Waals surface area contributed by atoms with Crippen molar-refractivity contribution in [3.05, 3.63) is 185 Å². The van der Waals surface area contributed by atoms with E-state index in [4.69, 9.17) is 0 Å². The van der Waals surface area contributed by atoms with Gasteiger partial charge in [0.2, 0.25) is 0 Å². The molecule has 0 unspecified atom stereocenters. The molecule has 0 aromatic heterocycles. The third-order valence-electron chi connectivity index (χ3n) is 8.30. The third kappa shape index (κ3) is 4.80. The van der Waals surface area contributed by atoms with E-state index < -0.39 is 11.0 Å². The standard InChI is InChI=1S/C40H35NO/c1-30-29-39(2,3)41(38(42)27-24-31-16-8-4-9-17-31)37-26-25-35(28-36(30)37)40(32-18-10-5-11-19-32,33-20-12-6-13-21-33)34-22-14-7-15-23-34/h4-29H,1-3H3. The molecule has 1 heterocycles. The fourth-order valence-electron chi connectivity index (χ4n) is 6.54. The van der Waals surface area contributed by atoms with Gasteiger partial charge in [0.25, 0.3) is 5.91 Å². The normalized spacial score (nSPS) is 14.4. The van der Waals surface area contributed by atoms with Crippen LogP contribution >= 0.6 is 0 Å². The van der Waals surface area contributed by atoms with E-state index in [1.165, 1.54) is 16.7 Å². The Bertz CT molecular complexity index is 1650. The smallest absolute Gasteiger partial charge is 0.251 e. The molecular weight excluding hydrogens is 510 g/mol. The molecule has 0 radical (unpaired) electrons. The zero-order valence-corrected chi connectivity index (χ0v) is 24.4. The summed E-state index contributed by atoms with van der Waals surface area (Å²) in [6, 6.07) is 48.8. The van der Waals surface area contributed by atoms with Crippen molar-refractivity contribution in [2.24, 2.45) is 0 Å². The summed E-state index contributed by atoms with van der Waals surface area (Å²) in [6.07, 6.45) is 5.79. The molecule has 1 aliphatic heterocycles. The van der Waals surface area contributed by atoms with E-state index in [0.29, 0.717) is 0 Å². The molecule has 5 aromatic carbocycles. The summed E-state index contributed by atoms with van der Waals surface area (Å²) in [5.41, 5.74) is 7.87. The van der Waals surface area contributed by atoms with Crippen molar-refractivity contribution in [2.45, 2.75) is 31.7 Å². The van der Waals surface area contributed by atoms with Crippen LogP contribution < -0.4 is 4.90 Å². The lowest BCUT2D eigenvalue weighted by Crippen LogP contribution is -2.48. The van der Waals surface area contributed by atoms with Gasteiger partial charge >= 0.3 is 0 Å². The molecule has 2 nitrogen and oxygen atoms in total. The molecule has 0 fully saturated rings. The van der Waals surface area contributed by atoms with Crippen LogP contribution in [0.2, 0.25) is 0 Å². The van der Waals surface area contributed by atoms with Crippen molar-refractivity contribution in [3.8, 4) is 0 Å². The molecule has 0 atom stereocenters. The van der Waals surface area contributed by atoms with E-state index in [2.05, 4.69) is 136 Å². The quantitative estimate of drug-likeness (QED) is 0.154. The number of fused-ring (bicyclic) bond motifs is 1. The Morgan fingerprint density at radius 1 is 0.643 bits per heavy atom. The Kier molecular flexibility index (Phi) is 7.22. The van der Waals surface area contributed by atoms with Crippen molar-refractivity contribution in [1.82, 2.24) is 0 Å². The van der Waals surface area contributed by atoms with Crippen LogP contribution in [0.3, 0.4) is 0 Å². The summed E-state index contributed by atoms with van der Waals surface area (Å²) in [5.74, 6) is -0.0398. The van der Waals surface area contributed by atoms with Crippen LogP contribution in [0.1, 0.15) is 54.2 Å². The van der Waals surface area contributed by atoms with Crippen LogP contribution in [0.4, 0.5) is 5.69 Å². The summed E-state index contributed by atoms with van der Waals surface area (Å²) < 4.78 is 0. The van der Waals surface area contributed by atoms with Crippen molar-refractivity contribution >= 4 is 23.2 Å². The minimum Gasteiger partial charge on any atom is -0.299 e. The maximum Gasteiger partial charge on any atom is 0.251 e. The fourth-order valence-corrected chi connectivity index (χ4v) is 6.54. The minimum absolute atomic E-state index is 0.0398. The number of hydrogen-bond acceptors (Lipinski definition) is 1. The van der Waals surface area contributed by atoms with Crippen molar-refractivity contribution in [3.63, 3.8) is 0 Å². The molecule has 2 heteroatoms. The highest BCUT2D eigenvalue weighted by atomic mass is 16.2. The number of carbonyl (C=O) groups excluding carboxylic acids is 1. The first-order chi connectivity index (χ1) is 20.4. The highest BCUT2D eigenvalue weighted by Crippen LogP contribution is 2.48. The second-order valence-corrected chi connectivity index (χ2v) is 11.5. The SMILES string of the molecule is CC1=CC(C)(C)N(C(=O)C=Cc2ccccc2)c2ccc(C(c3ccccc3)(c3ccccc3)c3ccccc3)cc21. The summed E-state index contributed by atoms with van der Waals surface area (Å²) in [4.78, 5) is 15.7. The van der Waals surface area contributed by atoms with E-state index in [-0.39, 0.29) is 5.91 Å². The van der Waals surface area contributed by atoms with Gasteiger partial charge in [0, 0.05) is 11.6 Å². The van der Waals surface area contributed by atoms with Gasteiger partial charge in [-0.1, -0.05) is 133 Å². The first-order valence-electron chi connectivity index (χ1n) is 14.5.